The number of fused-ring (bicyclic) bond motifs is 1. The fourth-order valence-electron chi connectivity index (χ4n) is 3.39. The molecule has 0 N–H and O–H groups in total. The lowest BCUT2D eigenvalue weighted by Gasteiger charge is -2.22. The molecule has 2 heteroatoms. The second kappa shape index (κ2) is 5.99. The lowest BCUT2D eigenvalue weighted by Crippen LogP contribution is -2.13. The summed E-state index contributed by atoms with van der Waals surface area (Å²) in [7, 11) is 0. The fourth-order valence-corrected chi connectivity index (χ4v) is 3.39. The number of hydrogen-bond acceptors (Lipinski definition) is 1. The van der Waals surface area contributed by atoms with E-state index in [1.54, 1.807) is 0 Å². The average Bonchev–Trinajstić information content (AvgIpc) is 2.84. The van der Waals surface area contributed by atoms with Gasteiger partial charge in [-0.3, -0.25) is 0 Å². The number of imidazole rings is 1. The van der Waals surface area contributed by atoms with Crippen LogP contribution in [-0.4, -0.2) is 9.55 Å². The van der Waals surface area contributed by atoms with Crippen LogP contribution in [0.4, 0.5) is 0 Å². The van der Waals surface area contributed by atoms with Crippen LogP contribution in [-0.2, 0) is 6.54 Å². The van der Waals surface area contributed by atoms with E-state index in [0.29, 0.717) is 5.92 Å². The lowest BCUT2D eigenvalue weighted by atomic mass is 9.88. The zero-order valence-electron chi connectivity index (χ0n) is 12.8. The van der Waals surface area contributed by atoms with Crippen molar-refractivity contribution in [3.05, 3.63) is 30.1 Å². The number of hydrogen-bond donors (Lipinski definition) is 0. The summed E-state index contributed by atoms with van der Waals surface area (Å²) in [6, 6.07) is 8.63. The van der Waals surface area contributed by atoms with Gasteiger partial charge in [-0.1, -0.05) is 45.2 Å². The van der Waals surface area contributed by atoms with E-state index in [2.05, 4.69) is 42.7 Å². The van der Waals surface area contributed by atoms with E-state index in [4.69, 9.17) is 4.98 Å². The monoisotopic (exact) mass is 270 g/mol. The van der Waals surface area contributed by atoms with Gasteiger partial charge in [-0.05, 0) is 37.3 Å². The van der Waals surface area contributed by atoms with Gasteiger partial charge in [0.25, 0.3) is 0 Å². The van der Waals surface area contributed by atoms with Crippen LogP contribution in [0.1, 0.15) is 64.1 Å². The molecule has 2 aromatic rings. The molecule has 0 atom stereocenters. The van der Waals surface area contributed by atoms with Gasteiger partial charge in [0, 0.05) is 12.5 Å². The predicted octanol–water partition coefficient (Wildman–Crippen LogP) is 5.13. The zero-order valence-corrected chi connectivity index (χ0v) is 12.8. The van der Waals surface area contributed by atoms with Crippen molar-refractivity contribution in [3.8, 4) is 0 Å². The first-order valence-corrected chi connectivity index (χ1v) is 8.21. The molecule has 0 aliphatic heterocycles. The van der Waals surface area contributed by atoms with Gasteiger partial charge in [0.15, 0.2) is 0 Å². The SMILES string of the molecule is CC(C)CCn1c(C2CCCCC2)nc2ccccc21. The summed E-state index contributed by atoms with van der Waals surface area (Å²) in [6.45, 7) is 5.73. The Kier molecular flexibility index (Phi) is 4.09. The van der Waals surface area contributed by atoms with E-state index in [0.717, 1.165) is 12.5 Å². The highest BCUT2D eigenvalue weighted by atomic mass is 15.1. The van der Waals surface area contributed by atoms with Crippen LogP contribution < -0.4 is 0 Å². The molecule has 1 aromatic carbocycles. The smallest absolute Gasteiger partial charge is 0.112 e. The van der Waals surface area contributed by atoms with Gasteiger partial charge in [-0.2, -0.15) is 0 Å². The zero-order chi connectivity index (χ0) is 13.9. The van der Waals surface area contributed by atoms with Crippen molar-refractivity contribution in [2.24, 2.45) is 5.92 Å². The van der Waals surface area contributed by atoms with Gasteiger partial charge < -0.3 is 4.57 Å². The van der Waals surface area contributed by atoms with E-state index in [-0.39, 0.29) is 0 Å². The summed E-state index contributed by atoms with van der Waals surface area (Å²) in [5.41, 5.74) is 2.51. The Morgan fingerprint density at radius 2 is 1.90 bits per heavy atom. The number of rotatable bonds is 4. The number of aryl methyl sites for hydroxylation is 1. The molecular formula is C18H26N2. The second-order valence-corrected chi connectivity index (χ2v) is 6.63. The van der Waals surface area contributed by atoms with Crippen molar-refractivity contribution in [2.45, 2.75) is 64.8 Å². The Bertz CT molecular complexity index is 562. The third kappa shape index (κ3) is 2.74. The molecule has 1 aromatic heterocycles. The first-order chi connectivity index (χ1) is 9.75. The summed E-state index contributed by atoms with van der Waals surface area (Å²) in [5.74, 6) is 2.78. The molecule has 0 amide bonds. The van der Waals surface area contributed by atoms with E-state index >= 15 is 0 Å². The summed E-state index contributed by atoms with van der Waals surface area (Å²) in [4.78, 5) is 4.98. The Balaban J connectivity index is 1.97. The minimum absolute atomic E-state index is 0.684. The first kappa shape index (κ1) is 13.7. The van der Waals surface area contributed by atoms with Crippen molar-refractivity contribution < 1.29 is 0 Å². The Morgan fingerprint density at radius 3 is 2.65 bits per heavy atom. The fraction of sp³-hybridized carbons (Fsp3) is 0.611. The van der Waals surface area contributed by atoms with Crippen molar-refractivity contribution in [3.63, 3.8) is 0 Å². The Morgan fingerprint density at radius 1 is 1.15 bits per heavy atom. The van der Waals surface area contributed by atoms with Crippen molar-refractivity contribution in [1.82, 2.24) is 9.55 Å². The molecule has 1 aliphatic rings. The molecule has 2 nitrogen and oxygen atoms in total. The standard InChI is InChI=1S/C18H26N2/c1-14(2)12-13-20-17-11-7-6-10-16(17)19-18(20)15-8-4-3-5-9-15/h6-7,10-11,14-15H,3-5,8-9,12-13H2,1-2H3. The number of aromatic nitrogens is 2. The average molecular weight is 270 g/mol. The third-order valence-electron chi connectivity index (χ3n) is 4.58. The molecule has 1 heterocycles. The van der Waals surface area contributed by atoms with Gasteiger partial charge in [0.2, 0.25) is 0 Å². The van der Waals surface area contributed by atoms with E-state index in [1.165, 1.54) is 55.4 Å². The largest absolute Gasteiger partial charge is 0.328 e. The van der Waals surface area contributed by atoms with E-state index in [9.17, 15) is 0 Å². The number of para-hydroxylation sites is 2. The normalized spacial score (nSPS) is 17.1. The quantitative estimate of drug-likeness (QED) is 0.753. The maximum Gasteiger partial charge on any atom is 0.112 e. The molecule has 1 aliphatic carbocycles. The van der Waals surface area contributed by atoms with Crippen molar-refractivity contribution in [2.75, 3.05) is 0 Å². The predicted molar refractivity (Wildman–Crippen MR) is 85.0 cm³/mol. The Hall–Kier alpha value is -1.31. The topological polar surface area (TPSA) is 17.8 Å². The van der Waals surface area contributed by atoms with Gasteiger partial charge >= 0.3 is 0 Å². The molecule has 1 saturated carbocycles. The summed E-state index contributed by atoms with van der Waals surface area (Å²) in [5, 5.41) is 0. The molecule has 3 rings (SSSR count). The summed E-state index contributed by atoms with van der Waals surface area (Å²) in [6.07, 6.45) is 8.04. The highest BCUT2D eigenvalue weighted by molar-refractivity contribution is 5.76. The lowest BCUT2D eigenvalue weighted by molar-refractivity contribution is 0.409. The minimum atomic E-state index is 0.684. The summed E-state index contributed by atoms with van der Waals surface area (Å²) < 4.78 is 2.51. The highest BCUT2D eigenvalue weighted by Gasteiger charge is 2.22. The van der Waals surface area contributed by atoms with Crippen LogP contribution in [0.3, 0.4) is 0 Å². The molecule has 108 valence electrons. The first-order valence-electron chi connectivity index (χ1n) is 8.21. The van der Waals surface area contributed by atoms with Gasteiger partial charge in [0.05, 0.1) is 11.0 Å². The molecule has 20 heavy (non-hydrogen) atoms. The third-order valence-corrected chi connectivity index (χ3v) is 4.58. The van der Waals surface area contributed by atoms with Gasteiger partial charge in [0.1, 0.15) is 5.82 Å². The van der Waals surface area contributed by atoms with Crippen LogP contribution in [0.5, 0.6) is 0 Å². The number of benzene rings is 1. The number of nitrogens with zero attached hydrogens (tertiary/aromatic N) is 2. The summed E-state index contributed by atoms with van der Waals surface area (Å²) >= 11 is 0. The Labute approximate surface area is 122 Å². The molecule has 0 spiro atoms. The van der Waals surface area contributed by atoms with E-state index in [1.807, 2.05) is 0 Å². The van der Waals surface area contributed by atoms with Gasteiger partial charge in [-0.25, -0.2) is 4.98 Å². The maximum atomic E-state index is 4.98. The van der Waals surface area contributed by atoms with Crippen LogP contribution in [0.2, 0.25) is 0 Å². The molecule has 0 unspecified atom stereocenters. The van der Waals surface area contributed by atoms with Crippen molar-refractivity contribution in [1.29, 1.82) is 0 Å². The van der Waals surface area contributed by atoms with E-state index < -0.39 is 0 Å². The second-order valence-electron chi connectivity index (χ2n) is 6.63. The molecule has 1 fully saturated rings. The molecular weight excluding hydrogens is 244 g/mol. The highest BCUT2D eigenvalue weighted by Crippen LogP contribution is 2.34. The molecule has 0 saturated heterocycles. The van der Waals surface area contributed by atoms with Crippen LogP contribution in [0, 0.1) is 5.92 Å². The molecule has 0 radical (unpaired) electrons. The molecule has 0 bridgehead atoms. The van der Waals surface area contributed by atoms with Crippen LogP contribution in [0.15, 0.2) is 24.3 Å². The van der Waals surface area contributed by atoms with Gasteiger partial charge in [-0.15, -0.1) is 0 Å². The van der Waals surface area contributed by atoms with Crippen LogP contribution in [0.25, 0.3) is 11.0 Å². The van der Waals surface area contributed by atoms with Crippen molar-refractivity contribution >= 4 is 11.0 Å². The van der Waals surface area contributed by atoms with Crippen LogP contribution >= 0.6 is 0 Å². The maximum absolute atomic E-state index is 4.98. The minimum Gasteiger partial charge on any atom is -0.328 e.